The highest BCUT2D eigenvalue weighted by molar-refractivity contribution is 5.90. The minimum atomic E-state index is -0.202. The number of hydrogen-bond acceptors (Lipinski definition) is 3. The smallest absolute Gasteiger partial charge is 0.152 e. The molecule has 0 saturated carbocycles. The summed E-state index contributed by atoms with van der Waals surface area (Å²) in [5, 5.41) is 4.45. The van der Waals surface area contributed by atoms with Gasteiger partial charge in [0.05, 0.1) is 7.11 Å². The predicted octanol–water partition coefficient (Wildman–Crippen LogP) is 1.95. The monoisotopic (exact) mass is 244 g/mol. The van der Waals surface area contributed by atoms with Gasteiger partial charge >= 0.3 is 0 Å². The van der Waals surface area contributed by atoms with E-state index >= 15 is 0 Å². The lowest BCUT2D eigenvalue weighted by molar-refractivity contribution is -0.119. The molecule has 4 heteroatoms. The van der Waals surface area contributed by atoms with Crippen molar-refractivity contribution in [3.8, 4) is 5.75 Å². The first-order valence-corrected chi connectivity index (χ1v) is 6.13. The van der Waals surface area contributed by atoms with E-state index in [1.165, 1.54) is 10.9 Å². The Kier molecular flexibility index (Phi) is 2.59. The number of benzene rings is 1. The molecule has 18 heavy (non-hydrogen) atoms. The SMILES string of the molecule is COc1ccc2c3c([nH]c2c1)C(C(C)=O)NCC3. The molecule has 0 saturated heterocycles. The van der Waals surface area contributed by atoms with E-state index in [0.717, 1.165) is 29.9 Å². The van der Waals surface area contributed by atoms with Crippen LogP contribution < -0.4 is 10.1 Å². The summed E-state index contributed by atoms with van der Waals surface area (Å²) in [5.41, 5.74) is 3.30. The molecule has 2 aromatic rings. The molecule has 0 amide bonds. The molecule has 3 rings (SSSR count). The second-order valence-electron chi connectivity index (χ2n) is 4.68. The standard InChI is InChI=1S/C14H16N2O2/c1-8(17)13-14-11(5-6-15-13)10-4-3-9(18-2)7-12(10)16-14/h3-4,7,13,15-16H,5-6H2,1-2H3. The largest absolute Gasteiger partial charge is 0.497 e. The van der Waals surface area contributed by atoms with Crippen molar-refractivity contribution in [3.63, 3.8) is 0 Å². The van der Waals surface area contributed by atoms with Gasteiger partial charge in [0, 0.05) is 29.2 Å². The van der Waals surface area contributed by atoms with Crippen molar-refractivity contribution in [1.29, 1.82) is 0 Å². The molecule has 94 valence electrons. The molecule has 1 aliphatic heterocycles. The van der Waals surface area contributed by atoms with Crippen molar-refractivity contribution < 1.29 is 9.53 Å². The number of aromatic amines is 1. The maximum absolute atomic E-state index is 11.7. The van der Waals surface area contributed by atoms with Gasteiger partial charge in [-0.05, 0) is 31.0 Å². The molecule has 1 unspecified atom stereocenters. The van der Waals surface area contributed by atoms with Crippen LogP contribution in [0.2, 0.25) is 0 Å². The number of Topliss-reactive ketones (excluding diaryl/α,β-unsaturated/α-hetero) is 1. The number of ketones is 1. The summed E-state index contributed by atoms with van der Waals surface area (Å²) >= 11 is 0. The van der Waals surface area contributed by atoms with Gasteiger partial charge in [0.25, 0.3) is 0 Å². The van der Waals surface area contributed by atoms with E-state index in [0.29, 0.717) is 0 Å². The third kappa shape index (κ3) is 1.61. The average molecular weight is 244 g/mol. The molecule has 1 aliphatic rings. The minimum Gasteiger partial charge on any atom is -0.497 e. The predicted molar refractivity (Wildman–Crippen MR) is 70.0 cm³/mol. The number of methoxy groups -OCH3 is 1. The van der Waals surface area contributed by atoms with Crippen LogP contribution in [0.1, 0.15) is 24.2 Å². The molecule has 0 spiro atoms. The topological polar surface area (TPSA) is 54.1 Å². The highest BCUT2D eigenvalue weighted by Crippen LogP contribution is 2.32. The van der Waals surface area contributed by atoms with Crippen LogP contribution in [0.15, 0.2) is 18.2 Å². The number of carbonyl (C=O) groups excluding carboxylic acids is 1. The van der Waals surface area contributed by atoms with Gasteiger partial charge in [0.15, 0.2) is 5.78 Å². The molecule has 0 bridgehead atoms. The Morgan fingerprint density at radius 3 is 3.00 bits per heavy atom. The van der Waals surface area contributed by atoms with Gasteiger partial charge in [0.1, 0.15) is 11.8 Å². The highest BCUT2D eigenvalue weighted by atomic mass is 16.5. The lowest BCUT2D eigenvalue weighted by atomic mass is 9.97. The van der Waals surface area contributed by atoms with Gasteiger partial charge in [-0.15, -0.1) is 0 Å². The minimum absolute atomic E-state index is 0.148. The van der Waals surface area contributed by atoms with E-state index in [1.807, 2.05) is 12.1 Å². The molecule has 2 heterocycles. The molecular formula is C14H16N2O2. The van der Waals surface area contributed by atoms with Crippen LogP contribution in [0.3, 0.4) is 0 Å². The molecular weight excluding hydrogens is 228 g/mol. The number of aromatic nitrogens is 1. The quantitative estimate of drug-likeness (QED) is 0.849. The van der Waals surface area contributed by atoms with E-state index in [2.05, 4.69) is 16.4 Å². The van der Waals surface area contributed by atoms with E-state index in [9.17, 15) is 4.79 Å². The van der Waals surface area contributed by atoms with E-state index in [4.69, 9.17) is 4.74 Å². The Hall–Kier alpha value is -1.81. The van der Waals surface area contributed by atoms with Crippen LogP contribution in [0, 0.1) is 0 Å². The summed E-state index contributed by atoms with van der Waals surface area (Å²) in [7, 11) is 1.66. The first kappa shape index (κ1) is 11.3. The van der Waals surface area contributed by atoms with E-state index in [1.54, 1.807) is 14.0 Å². The van der Waals surface area contributed by atoms with Crippen molar-refractivity contribution in [3.05, 3.63) is 29.5 Å². The molecule has 0 radical (unpaired) electrons. The number of ether oxygens (including phenoxy) is 1. The lowest BCUT2D eigenvalue weighted by Gasteiger charge is -2.21. The normalized spacial score (nSPS) is 18.7. The number of rotatable bonds is 2. The van der Waals surface area contributed by atoms with E-state index < -0.39 is 0 Å². The molecule has 0 aliphatic carbocycles. The van der Waals surface area contributed by atoms with Crippen molar-refractivity contribution in [1.82, 2.24) is 10.3 Å². The zero-order valence-corrected chi connectivity index (χ0v) is 10.5. The molecule has 1 aromatic carbocycles. The summed E-state index contributed by atoms with van der Waals surface area (Å²) < 4.78 is 5.23. The lowest BCUT2D eigenvalue weighted by Crippen LogP contribution is -2.33. The second kappa shape index (κ2) is 4.14. The molecule has 1 atom stereocenters. The molecule has 4 nitrogen and oxygen atoms in total. The average Bonchev–Trinajstić information content (AvgIpc) is 2.75. The summed E-state index contributed by atoms with van der Waals surface area (Å²) in [6.07, 6.45) is 0.950. The summed E-state index contributed by atoms with van der Waals surface area (Å²) in [4.78, 5) is 15.0. The van der Waals surface area contributed by atoms with E-state index in [-0.39, 0.29) is 11.8 Å². The Morgan fingerprint density at radius 2 is 2.28 bits per heavy atom. The van der Waals surface area contributed by atoms with Gasteiger partial charge in [-0.2, -0.15) is 0 Å². The van der Waals surface area contributed by atoms with Crippen LogP contribution in [-0.4, -0.2) is 24.4 Å². The fourth-order valence-electron chi connectivity index (χ4n) is 2.69. The zero-order valence-electron chi connectivity index (χ0n) is 10.5. The van der Waals surface area contributed by atoms with Crippen LogP contribution in [0.4, 0.5) is 0 Å². The van der Waals surface area contributed by atoms with Crippen LogP contribution in [-0.2, 0) is 11.2 Å². The highest BCUT2D eigenvalue weighted by Gasteiger charge is 2.26. The number of nitrogens with one attached hydrogen (secondary N) is 2. The first-order chi connectivity index (χ1) is 8.70. The van der Waals surface area contributed by atoms with Crippen molar-refractivity contribution in [2.45, 2.75) is 19.4 Å². The van der Waals surface area contributed by atoms with Crippen LogP contribution >= 0.6 is 0 Å². The molecule has 1 aromatic heterocycles. The maximum atomic E-state index is 11.7. The number of fused-ring (bicyclic) bond motifs is 3. The Labute approximate surface area is 105 Å². The van der Waals surface area contributed by atoms with Gasteiger partial charge in [-0.1, -0.05) is 0 Å². The third-order valence-corrected chi connectivity index (χ3v) is 3.56. The molecule has 0 fully saturated rings. The maximum Gasteiger partial charge on any atom is 0.152 e. The summed E-state index contributed by atoms with van der Waals surface area (Å²) in [6.45, 7) is 2.47. The summed E-state index contributed by atoms with van der Waals surface area (Å²) in [5.74, 6) is 0.975. The van der Waals surface area contributed by atoms with Gasteiger partial charge in [0.2, 0.25) is 0 Å². The fraction of sp³-hybridized carbons (Fsp3) is 0.357. The third-order valence-electron chi connectivity index (χ3n) is 3.56. The number of hydrogen-bond donors (Lipinski definition) is 2. The van der Waals surface area contributed by atoms with Crippen molar-refractivity contribution in [2.24, 2.45) is 0 Å². The van der Waals surface area contributed by atoms with Crippen LogP contribution in [0.25, 0.3) is 10.9 Å². The fourth-order valence-corrected chi connectivity index (χ4v) is 2.69. The zero-order chi connectivity index (χ0) is 12.7. The van der Waals surface area contributed by atoms with Crippen molar-refractivity contribution >= 4 is 16.7 Å². The van der Waals surface area contributed by atoms with Gasteiger partial charge in [-0.3, -0.25) is 4.79 Å². The van der Waals surface area contributed by atoms with Gasteiger partial charge < -0.3 is 15.0 Å². The number of H-pyrrole nitrogens is 1. The Balaban J connectivity index is 2.19. The summed E-state index contributed by atoms with van der Waals surface area (Å²) in [6, 6.07) is 5.80. The first-order valence-electron chi connectivity index (χ1n) is 6.13. The second-order valence-corrected chi connectivity index (χ2v) is 4.68. The number of carbonyl (C=O) groups is 1. The Bertz CT molecular complexity index is 616. The van der Waals surface area contributed by atoms with Crippen molar-refractivity contribution in [2.75, 3.05) is 13.7 Å². The Morgan fingerprint density at radius 1 is 1.44 bits per heavy atom. The molecule has 2 N–H and O–H groups in total. The van der Waals surface area contributed by atoms with Gasteiger partial charge in [-0.25, -0.2) is 0 Å². The van der Waals surface area contributed by atoms with Crippen LogP contribution in [0.5, 0.6) is 5.75 Å².